The van der Waals surface area contributed by atoms with Crippen molar-refractivity contribution in [1.82, 2.24) is 20.5 Å². The predicted octanol–water partition coefficient (Wildman–Crippen LogP) is 1.57. The molecule has 0 saturated heterocycles. The molecule has 0 aliphatic heterocycles. The van der Waals surface area contributed by atoms with E-state index < -0.39 is 5.41 Å². The molecule has 0 fully saturated rings. The van der Waals surface area contributed by atoms with E-state index in [0.717, 1.165) is 18.7 Å². The molecule has 1 amide bonds. The highest BCUT2D eigenvalue weighted by molar-refractivity contribution is 5.85. The van der Waals surface area contributed by atoms with Crippen molar-refractivity contribution in [1.29, 1.82) is 5.26 Å². The number of aromatic amines is 1. The van der Waals surface area contributed by atoms with Gasteiger partial charge in [0.15, 0.2) is 0 Å². The minimum atomic E-state index is -0.884. The Morgan fingerprint density at radius 3 is 2.63 bits per heavy atom. The van der Waals surface area contributed by atoms with Gasteiger partial charge in [0, 0.05) is 13.0 Å². The number of carbonyl (C=O) groups is 1. The first-order chi connectivity index (χ1) is 9.18. The highest BCUT2D eigenvalue weighted by Crippen LogP contribution is 2.29. The molecule has 0 bridgehead atoms. The summed E-state index contributed by atoms with van der Waals surface area (Å²) in [6, 6.07) is 2.21. The number of nitriles is 1. The van der Waals surface area contributed by atoms with Gasteiger partial charge in [-0.2, -0.15) is 10.4 Å². The van der Waals surface area contributed by atoms with E-state index >= 15 is 0 Å². The lowest BCUT2D eigenvalue weighted by Crippen LogP contribution is -2.41. The van der Waals surface area contributed by atoms with Crippen LogP contribution in [0.5, 0.6) is 0 Å². The first-order valence-corrected chi connectivity index (χ1v) is 6.72. The maximum atomic E-state index is 12.2. The van der Waals surface area contributed by atoms with Crippen LogP contribution in [0, 0.1) is 16.7 Å². The number of hydrogen-bond acceptors (Lipinski definition) is 4. The molecule has 1 aromatic heterocycles. The molecule has 0 saturated carbocycles. The Bertz CT molecular complexity index is 415. The summed E-state index contributed by atoms with van der Waals surface area (Å²) < 4.78 is 0. The van der Waals surface area contributed by atoms with Crippen LogP contribution < -0.4 is 5.32 Å². The number of rotatable bonds is 8. The van der Waals surface area contributed by atoms with E-state index in [1.165, 1.54) is 6.33 Å². The summed E-state index contributed by atoms with van der Waals surface area (Å²) in [5, 5.41) is 18.7. The Kier molecular flexibility index (Phi) is 6.00. The van der Waals surface area contributed by atoms with Gasteiger partial charge in [0.25, 0.3) is 0 Å². The highest BCUT2D eigenvalue weighted by atomic mass is 16.2. The lowest BCUT2D eigenvalue weighted by molar-refractivity contribution is -0.128. The average molecular weight is 263 g/mol. The minimum Gasteiger partial charge on any atom is -0.354 e. The van der Waals surface area contributed by atoms with E-state index in [-0.39, 0.29) is 5.91 Å². The van der Waals surface area contributed by atoms with E-state index in [1.807, 2.05) is 13.8 Å². The van der Waals surface area contributed by atoms with Gasteiger partial charge in [-0.05, 0) is 12.8 Å². The summed E-state index contributed by atoms with van der Waals surface area (Å²) in [4.78, 5) is 16.2. The predicted molar refractivity (Wildman–Crippen MR) is 71.0 cm³/mol. The van der Waals surface area contributed by atoms with Crippen molar-refractivity contribution in [3.05, 3.63) is 12.2 Å². The van der Waals surface area contributed by atoms with Gasteiger partial charge in [-0.1, -0.05) is 26.7 Å². The summed E-state index contributed by atoms with van der Waals surface area (Å²) in [5.41, 5.74) is -0.884. The van der Waals surface area contributed by atoms with Gasteiger partial charge < -0.3 is 5.32 Å². The summed E-state index contributed by atoms with van der Waals surface area (Å²) >= 11 is 0. The second-order valence-electron chi connectivity index (χ2n) is 4.63. The molecule has 6 heteroatoms. The molecular weight excluding hydrogens is 242 g/mol. The van der Waals surface area contributed by atoms with Crippen molar-refractivity contribution < 1.29 is 4.79 Å². The largest absolute Gasteiger partial charge is 0.354 e. The van der Waals surface area contributed by atoms with Crippen molar-refractivity contribution >= 4 is 5.91 Å². The second-order valence-corrected chi connectivity index (χ2v) is 4.63. The summed E-state index contributed by atoms with van der Waals surface area (Å²) in [6.07, 6.45) is 4.87. The number of amides is 1. The van der Waals surface area contributed by atoms with Crippen LogP contribution in [0.1, 0.15) is 45.4 Å². The van der Waals surface area contributed by atoms with Crippen molar-refractivity contribution in [2.24, 2.45) is 5.41 Å². The zero-order chi connectivity index (χ0) is 14.1. The number of hydrogen-bond donors (Lipinski definition) is 2. The van der Waals surface area contributed by atoms with E-state index in [2.05, 4.69) is 26.6 Å². The van der Waals surface area contributed by atoms with E-state index in [4.69, 9.17) is 0 Å². The normalized spacial score (nSPS) is 11.0. The topological polar surface area (TPSA) is 94.5 Å². The highest BCUT2D eigenvalue weighted by Gasteiger charge is 2.36. The first kappa shape index (κ1) is 15.2. The number of aromatic nitrogens is 3. The molecular formula is C13H21N5O. The Balaban J connectivity index is 2.54. The fourth-order valence-corrected chi connectivity index (χ4v) is 2.18. The van der Waals surface area contributed by atoms with Crippen LogP contribution in [-0.2, 0) is 11.2 Å². The molecule has 0 aliphatic rings. The molecule has 6 nitrogen and oxygen atoms in total. The summed E-state index contributed by atoms with van der Waals surface area (Å²) in [5.74, 6) is 0.562. The molecule has 1 heterocycles. The van der Waals surface area contributed by atoms with E-state index in [0.29, 0.717) is 25.8 Å². The van der Waals surface area contributed by atoms with Crippen LogP contribution >= 0.6 is 0 Å². The van der Waals surface area contributed by atoms with E-state index in [9.17, 15) is 10.1 Å². The first-order valence-electron chi connectivity index (χ1n) is 6.72. The molecule has 19 heavy (non-hydrogen) atoms. The monoisotopic (exact) mass is 263 g/mol. The molecule has 2 N–H and O–H groups in total. The number of nitrogens with one attached hydrogen (secondary N) is 2. The van der Waals surface area contributed by atoms with E-state index in [1.54, 1.807) is 0 Å². The van der Waals surface area contributed by atoms with Gasteiger partial charge in [-0.25, -0.2) is 4.98 Å². The van der Waals surface area contributed by atoms with Crippen molar-refractivity contribution in [3.63, 3.8) is 0 Å². The molecule has 0 spiro atoms. The van der Waals surface area contributed by atoms with Crippen LogP contribution in [0.25, 0.3) is 0 Å². The summed E-state index contributed by atoms with van der Waals surface area (Å²) in [7, 11) is 0. The average Bonchev–Trinajstić information content (AvgIpc) is 2.91. The van der Waals surface area contributed by atoms with Gasteiger partial charge in [-0.3, -0.25) is 9.89 Å². The summed E-state index contributed by atoms with van der Waals surface area (Å²) in [6.45, 7) is 4.44. The van der Waals surface area contributed by atoms with Gasteiger partial charge in [0.05, 0.1) is 6.07 Å². The van der Waals surface area contributed by atoms with Crippen molar-refractivity contribution in [2.45, 2.75) is 46.0 Å². The molecule has 0 radical (unpaired) electrons. The molecule has 0 aromatic carbocycles. The van der Waals surface area contributed by atoms with Crippen LogP contribution in [-0.4, -0.2) is 27.6 Å². The van der Waals surface area contributed by atoms with Crippen LogP contribution in [0.3, 0.4) is 0 Å². The van der Waals surface area contributed by atoms with Crippen LogP contribution in [0.2, 0.25) is 0 Å². The zero-order valence-electron chi connectivity index (χ0n) is 11.6. The maximum absolute atomic E-state index is 12.2. The molecule has 1 aromatic rings. The lowest BCUT2D eigenvalue weighted by atomic mass is 9.80. The van der Waals surface area contributed by atoms with Gasteiger partial charge in [0.1, 0.15) is 17.6 Å². The third kappa shape index (κ3) is 4.05. The van der Waals surface area contributed by atoms with Gasteiger partial charge in [-0.15, -0.1) is 0 Å². The fraction of sp³-hybridized carbons (Fsp3) is 0.692. The molecule has 1 rings (SSSR count). The number of carbonyl (C=O) groups excluding carboxylic acids is 1. The Morgan fingerprint density at radius 2 is 2.16 bits per heavy atom. The van der Waals surface area contributed by atoms with Crippen molar-refractivity contribution in [2.75, 3.05) is 6.54 Å². The third-order valence-electron chi connectivity index (χ3n) is 3.11. The number of H-pyrrole nitrogens is 1. The maximum Gasteiger partial charge on any atom is 0.240 e. The Morgan fingerprint density at radius 1 is 1.47 bits per heavy atom. The Hall–Kier alpha value is -1.90. The Labute approximate surface area is 113 Å². The number of nitrogens with zero attached hydrogens (tertiary/aromatic N) is 3. The quantitative estimate of drug-likeness (QED) is 0.744. The van der Waals surface area contributed by atoms with Crippen LogP contribution in [0.15, 0.2) is 6.33 Å². The zero-order valence-corrected chi connectivity index (χ0v) is 11.6. The second kappa shape index (κ2) is 7.52. The minimum absolute atomic E-state index is 0.168. The smallest absolute Gasteiger partial charge is 0.240 e. The molecule has 104 valence electrons. The third-order valence-corrected chi connectivity index (χ3v) is 3.11. The van der Waals surface area contributed by atoms with Crippen molar-refractivity contribution in [3.8, 4) is 6.07 Å². The van der Waals surface area contributed by atoms with Gasteiger partial charge >= 0.3 is 0 Å². The molecule has 0 unspecified atom stereocenters. The van der Waals surface area contributed by atoms with Crippen LogP contribution in [0.4, 0.5) is 0 Å². The molecule has 0 aliphatic carbocycles. The standard InChI is InChI=1S/C13H21N5O/c1-3-6-13(9-14,7-4-2)12(19)15-8-5-11-16-10-17-18-11/h10H,3-8H2,1-2H3,(H,15,19)(H,16,17,18). The van der Waals surface area contributed by atoms with Gasteiger partial charge in [0.2, 0.25) is 5.91 Å². The molecule has 0 atom stereocenters. The fourth-order valence-electron chi connectivity index (χ4n) is 2.18. The lowest BCUT2D eigenvalue weighted by Gasteiger charge is -2.24. The SMILES string of the molecule is CCCC(C#N)(CCC)C(=O)NCCc1ncn[nH]1.